The quantitative estimate of drug-likeness (QED) is 0.235. The van der Waals surface area contributed by atoms with Crippen LogP contribution in [0.2, 0.25) is 5.02 Å². The highest BCUT2D eigenvalue weighted by Crippen LogP contribution is 2.40. The van der Waals surface area contributed by atoms with Crippen molar-refractivity contribution in [2.24, 2.45) is 0 Å². The number of pyridine rings is 2. The Morgan fingerprint density at radius 2 is 2.05 bits per heavy atom. The molecule has 188 valence electrons. The number of fused-ring (bicyclic) bond motifs is 1. The van der Waals surface area contributed by atoms with Gasteiger partial charge in [0.15, 0.2) is 5.13 Å². The lowest BCUT2D eigenvalue weighted by Gasteiger charge is -2.17. The van der Waals surface area contributed by atoms with Crippen LogP contribution in [0.5, 0.6) is 5.75 Å². The zero-order valence-corrected chi connectivity index (χ0v) is 21.9. The molecular weight excluding hydrogens is 508 g/mol. The minimum absolute atomic E-state index is 0.179. The van der Waals surface area contributed by atoms with Crippen LogP contribution in [0.1, 0.15) is 56.1 Å². The fourth-order valence-corrected chi connectivity index (χ4v) is 5.50. The monoisotopic (exact) mass is 532 g/mol. The first-order valence-corrected chi connectivity index (χ1v) is 13.3. The Balaban J connectivity index is 1.22. The summed E-state index contributed by atoms with van der Waals surface area (Å²) in [6, 6.07) is 11.4. The number of aromatic nitrogens is 5. The highest BCUT2D eigenvalue weighted by atomic mass is 35.5. The molecule has 1 fully saturated rings. The van der Waals surface area contributed by atoms with E-state index in [4.69, 9.17) is 16.3 Å². The molecular formula is C27H25ClN6O2S. The molecule has 0 amide bonds. The van der Waals surface area contributed by atoms with Crippen LogP contribution < -0.4 is 15.6 Å². The number of ether oxygens (including phenoxy) is 1. The maximum absolute atomic E-state index is 13.0. The van der Waals surface area contributed by atoms with Crippen LogP contribution in [0.25, 0.3) is 21.5 Å². The van der Waals surface area contributed by atoms with Crippen LogP contribution in [-0.4, -0.2) is 24.5 Å². The van der Waals surface area contributed by atoms with Crippen molar-refractivity contribution in [3.63, 3.8) is 0 Å². The highest BCUT2D eigenvalue weighted by Gasteiger charge is 2.26. The van der Waals surface area contributed by atoms with E-state index in [2.05, 4.69) is 29.8 Å². The first-order valence-electron chi connectivity index (χ1n) is 12.1. The van der Waals surface area contributed by atoms with E-state index >= 15 is 0 Å². The second-order valence-electron chi connectivity index (χ2n) is 9.25. The first-order chi connectivity index (χ1) is 18.0. The third kappa shape index (κ3) is 4.84. The Hall–Kier alpha value is -3.69. The first kappa shape index (κ1) is 23.7. The van der Waals surface area contributed by atoms with Crippen molar-refractivity contribution in [3.8, 4) is 16.3 Å². The van der Waals surface area contributed by atoms with Crippen LogP contribution in [-0.2, 0) is 0 Å². The molecule has 4 heterocycles. The van der Waals surface area contributed by atoms with E-state index in [1.165, 1.54) is 12.8 Å². The smallest absolute Gasteiger partial charge is 0.253 e. The summed E-state index contributed by atoms with van der Waals surface area (Å²) in [5.74, 6) is 0.489. The van der Waals surface area contributed by atoms with Crippen LogP contribution in [0.15, 0.2) is 66.1 Å². The van der Waals surface area contributed by atoms with Gasteiger partial charge in [0.25, 0.3) is 5.56 Å². The molecule has 37 heavy (non-hydrogen) atoms. The molecule has 0 radical (unpaired) electrons. The van der Waals surface area contributed by atoms with E-state index < -0.39 is 0 Å². The van der Waals surface area contributed by atoms with Gasteiger partial charge >= 0.3 is 0 Å². The average Bonchev–Trinajstić information content (AvgIpc) is 3.43. The number of thiazole rings is 1. The van der Waals surface area contributed by atoms with Gasteiger partial charge in [0, 0.05) is 35.5 Å². The van der Waals surface area contributed by atoms with Gasteiger partial charge in [-0.3, -0.25) is 9.78 Å². The third-order valence-electron chi connectivity index (χ3n) is 6.50. The van der Waals surface area contributed by atoms with Crippen molar-refractivity contribution in [3.05, 3.63) is 87.9 Å². The van der Waals surface area contributed by atoms with E-state index in [1.807, 2.05) is 62.9 Å². The van der Waals surface area contributed by atoms with Crippen molar-refractivity contribution in [2.45, 2.75) is 44.9 Å². The van der Waals surface area contributed by atoms with Gasteiger partial charge in [0.1, 0.15) is 11.9 Å². The predicted molar refractivity (Wildman–Crippen MR) is 147 cm³/mol. The summed E-state index contributed by atoms with van der Waals surface area (Å²) in [6.45, 7) is 3.85. The molecule has 5 aromatic rings. The Bertz CT molecular complexity index is 1630. The largest absolute Gasteiger partial charge is 0.483 e. The molecule has 6 rings (SSSR count). The summed E-state index contributed by atoms with van der Waals surface area (Å²) in [5.41, 5.74) is 2.94. The van der Waals surface area contributed by atoms with Crippen LogP contribution in [0, 0.1) is 0 Å². The molecule has 0 aliphatic heterocycles. The van der Waals surface area contributed by atoms with Crippen LogP contribution in [0.3, 0.4) is 0 Å². The second-order valence-corrected chi connectivity index (χ2v) is 10.7. The van der Waals surface area contributed by atoms with Gasteiger partial charge in [-0.1, -0.05) is 29.0 Å². The number of nitrogens with zero attached hydrogens (tertiary/aromatic N) is 4. The normalized spacial score (nSPS) is 15.0. The van der Waals surface area contributed by atoms with Gasteiger partial charge < -0.3 is 19.6 Å². The summed E-state index contributed by atoms with van der Waals surface area (Å²) in [7, 11) is 0. The summed E-state index contributed by atoms with van der Waals surface area (Å²) >= 11 is 8.11. The number of hydrogen-bond donors (Lipinski definition) is 2. The van der Waals surface area contributed by atoms with Crippen molar-refractivity contribution < 1.29 is 4.74 Å². The van der Waals surface area contributed by atoms with Crippen molar-refractivity contribution in [1.29, 1.82) is 0 Å². The van der Waals surface area contributed by atoms with Gasteiger partial charge in [0.05, 0.1) is 45.4 Å². The van der Waals surface area contributed by atoms with E-state index in [9.17, 15) is 4.79 Å². The topological polar surface area (TPSA) is 97.7 Å². The van der Waals surface area contributed by atoms with Gasteiger partial charge in [-0.05, 0) is 51.0 Å². The lowest BCUT2D eigenvalue weighted by Crippen LogP contribution is -2.19. The highest BCUT2D eigenvalue weighted by molar-refractivity contribution is 7.18. The van der Waals surface area contributed by atoms with Crippen molar-refractivity contribution in [2.75, 3.05) is 5.32 Å². The van der Waals surface area contributed by atoms with E-state index in [0.29, 0.717) is 27.9 Å². The number of rotatable bonds is 8. The Morgan fingerprint density at radius 3 is 2.84 bits per heavy atom. The molecule has 0 unspecified atom stereocenters. The van der Waals surface area contributed by atoms with Gasteiger partial charge in [-0.2, -0.15) is 0 Å². The van der Waals surface area contributed by atoms with E-state index in [1.54, 1.807) is 23.6 Å². The molecule has 8 nitrogen and oxygen atoms in total. The van der Waals surface area contributed by atoms with Crippen molar-refractivity contribution in [1.82, 2.24) is 24.5 Å². The van der Waals surface area contributed by atoms with E-state index in [0.717, 1.165) is 26.8 Å². The lowest BCUT2D eigenvalue weighted by molar-refractivity contribution is 0.222. The molecule has 1 aliphatic carbocycles. The number of anilines is 1. The Labute approximate surface area is 222 Å². The molecule has 2 N–H and O–H groups in total. The predicted octanol–water partition coefficient (Wildman–Crippen LogP) is 6.54. The van der Waals surface area contributed by atoms with Crippen LogP contribution in [0.4, 0.5) is 5.13 Å². The fraction of sp³-hybridized carbons (Fsp3) is 0.259. The number of benzene rings is 1. The lowest BCUT2D eigenvalue weighted by atomic mass is 10.1. The van der Waals surface area contributed by atoms with Crippen LogP contribution >= 0.6 is 22.9 Å². The minimum atomic E-state index is -0.294. The summed E-state index contributed by atoms with van der Waals surface area (Å²) < 4.78 is 8.27. The summed E-state index contributed by atoms with van der Waals surface area (Å²) in [5, 5.41) is 5.40. The Morgan fingerprint density at radius 1 is 1.19 bits per heavy atom. The number of imidazole rings is 1. The maximum atomic E-state index is 13.0. The number of nitrogens with one attached hydrogen (secondary N) is 2. The SMILES string of the molecule is C[C@H](Nc1ncc(-c2cncn2C2CC2)s1)c1cc2cc(Cl)c(O[C@H](C)c3ccccn3)cc2[nH]c1=O. The second kappa shape index (κ2) is 9.64. The molecule has 1 saturated carbocycles. The molecule has 0 spiro atoms. The molecule has 1 aliphatic rings. The maximum Gasteiger partial charge on any atom is 0.253 e. The molecule has 4 aromatic heterocycles. The number of aromatic amines is 1. The minimum Gasteiger partial charge on any atom is -0.483 e. The zero-order valence-electron chi connectivity index (χ0n) is 20.3. The van der Waals surface area contributed by atoms with E-state index in [-0.39, 0.29) is 17.7 Å². The molecule has 0 bridgehead atoms. The molecule has 10 heteroatoms. The molecule has 0 saturated heterocycles. The number of H-pyrrole nitrogens is 1. The summed E-state index contributed by atoms with van der Waals surface area (Å²) in [4.78, 5) is 30.2. The third-order valence-corrected chi connectivity index (χ3v) is 7.75. The number of hydrogen-bond acceptors (Lipinski definition) is 7. The average molecular weight is 533 g/mol. The van der Waals surface area contributed by atoms with Gasteiger partial charge in [-0.15, -0.1) is 0 Å². The van der Waals surface area contributed by atoms with Crippen molar-refractivity contribution >= 4 is 39.0 Å². The standard InChI is InChI=1S/C27H25ClN6O2S/c1-15(32-27-31-13-25(37-27)23-12-29-14-34(23)18-6-7-18)19-9-17-10-20(28)24(11-22(17)33-26(19)35)36-16(2)21-5-3-4-8-30-21/h3-5,8-16,18H,6-7H2,1-2H3,(H,31,32)(H,33,35)/t15-,16+/m0/s1. The molecule has 1 aromatic carbocycles. The fourth-order valence-electron chi connectivity index (χ4n) is 4.36. The van der Waals surface area contributed by atoms with Gasteiger partial charge in [0.2, 0.25) is 0 Å². The number of halogens is 1. The zero-order chi connectivity index (χ0) is 25.5. The Kier molecular flexibility index (Phi) is 6.18. The van der Waals surface area contributed by atoms with Gasteiger partial charge in [-0.25, -0.2) is 9.97 Å². The summed E-state index contributed by atoms with van der Waals surface area (Å²) in [6.07, 6.45) is 9.43. The molecule has 2 atom stereocenters.